The van der Waals surface area contributed by atoms with Crippen molar-refractivity contribution in [3.8, 4) is 11.5 Å². The SMILES string of the molecule is CC(CCC1=CC(C#C[Si](C)(C)C)(O[Si](C)(C)C(C)(C)C)C(=O)C=C1)NC(=O)O. The fourth-order valence-corrected chi connectivity index (χ4v) is 4.43. The molecule has 0 fully saturated rings. The van der Waals surface area contributed by atoms with Gasteiger partial charge in [0.2, 0.25) is 11.4 Å². The van der Waals surface area contributed by atoms with E-state index in [1.807, 2.05) is 13.0 Å². The van der Waals surface area contributed by atoms with E-state index in [1.54, 1.807) is 12.2 Å². The third-order valence-corrected chi connectivity index (χ3v) is 10.6. The number of carboxylic acid groups (broad SMARTS) is 1. The molecule has 0 aromatic rings. The van der Waals surface area contributed by atoms with Gasteiger partial charge in [-0.1, -0.05) is 52.4 Å². The highest BCUT2D eigenvalue weighted by Crippen LogP contribution is 2.41. The topological polar surface area (TPSA) is 75.6 Å². The van der Waals surface area contributed by atoms with Gasteiger partial charge in [0.15, 0.2) is 8.32 Å². The highest BCUT2D eigenvalue weighted by Gasteiger charge is 2.47. The van der Waals surface area contributed by atoms with E-state index < -0.39 is 28.1 Å². The molecule has 0 saturated heterocycles. The van der Waals surface area contributed by atoms with Crippen molar-refractivity contribution in [1.82, 2.24) is 5.32 Å². The lowest BCUT2D eigenvalue weighted by Gasteiger charge is -2.42. The highest BCUT2D eigenvalue weighted by atomic mass is 28.4. The van der Waals surface area contributed by atoms with Crippen molar-refractivity contribution in [3.63, 3.8) is 0 Å². The van der Waals surface area contributed by atoms with E-state index in [0.29, 0.717) is 12.8 Å². The Morgan fingerprint density at radius 3 is 2.31 bits per heavy atom. The van der Waals surface area contributed by atoms with Gasteiger partial charge in [0.05, 0.1) is 0 Å². The van der Waals surface area contributed by atoms with Gasteiger partial charge >= 0.3 is 6.09 Å². The van der Waals surface area contributed by atoms with E-state index in [-0.39, 0.29) is 16.9 Å². The zero-order valence-electron chi connectivity index (χ0n) is 19.4. The molecule has 7 heteroatoms. The standard InChI is InChI=1S/C22H37NO4Si2/c1-17(23-20(25)26)10-11-18-12-13-19(24)22(16-18,14-15-28(5,6)7)27-29(8,9)21(2,3)4/h12-13,16-17,23H,10-11H2,1-9H3,(H,25,26). The van der Waals surface area contributed by atoms with Crippen molar-refractivity contribution < 1.29 is 19.1 Å². The normalized spacial score (nSPS) is 21.1. The summed E-state index contributed by atoms with van der Waals surface area (Å²) >= 11 is 0. The molecule has 0 radical (unpaired) electrons. The van der Waals surface area contributed by atoms with Crippen LogP contribution in [-0.4, -0.2) is 45.0 Å². The number of amides is 1. The zero-order valence-corrected chi connectivity index (χ0v) is 21.4. The molecule has 2 unspecified atom stereocenters. The van der Waals surface area contributed by atoms with Crippen LogP contribution in [0.25, 0.3) is 0 Å². The van der Waals surface area contributed by atoms with Crippen molar-refractivity contribution in [2.45, 2.75) is 90.0 Å². The molecule has 162 valence electrons. The molecule has 0 aromatic heterocycles. The fourth-order valence-electron chi connectivity index (χ4n) is 2.55. The third kappa shape index (κ3) is 7.61. The maximum absolute atomic E-state index is 13.1. The van der Waals surface area contributed by atoms with E-state index in [0.717, 1.165) is 5.57 Å². The number of hydrogen-bond donors (Lipinski definition) is 2. The molecule has 0 spiro atoms. The molecule has 0 bridgehead atoms. The third-order valence-electron chi connectivity index (χ3n) is 5.28. The summed E-state index contributed by atoms with van der Waals surface area (Å²) in [6, 6.07) is -0.178. The number of ketones is 1. The second-order valence-electron chi connectivity index (χ2n) is 10.4. The lowest BCUT2D eigenvalue weighted by atomic mass is 9.89. The van der Waals surface area contributed by atoms with Crippen molar-refractivity contribution in [3.05, 3.63) is 23.8 Å². The first-order chi connectivity index (χ1) is 13.0. The van der Waals surface area contributed by atoms with Gasteiger partial charge in [-0.25, -0.2) is 4.79 Å². The Kier molecular flexibility index (Phi) is 7.91. The van der Waals surface area contributed by atoms with Crippen LogP contribution in [0, 0.1) is 11.5 Å². The smallest absolute Gasteiger partial charge is 0.404 e. The summed E-state index contributed by atoms with van der Waals surface area (Å²) < 4.78 is 6.64. The summed E-state index contributed by atoms with van der Waals surface area (Å²) in [7, 11) is -4.00. The highest BCUT2D eigenvalue weighted by molar-refractivity contribution is 6.84. The first-order valence-electron chi connectivity index (χ1n) is 10.2. The van der Waals surface area contributed by atoms with Crippen molar-refractivity contribution >= 4 is 28.3 Å². The quantitative estimate of drug-likeness (QED) is 0.448. The van der Waals surface area contributed by atoms with Crippen LogP contribution >= 0.6 is 0 Å². The van der Waals surface area contributed by atoms with Crippen LogP contribution in [0.1, 0.15) is 40.5 Å². The van der Waals surface area contributed by atoms with E-state index in [9.17, 15) is 9.59 Å². The Balaban J connectivity index is 3.31. The van der Waals surface area contributed by atoms with Gasteiger partial charge in [0.1, 0.15) is 8.07 Å². The van der Waals surface area contributed by atoms with Crippen molar-refractivity contribution in [1.29, 1.82) is 0 Å². The summed E-state index contributed by atoms with van der Waals surface area (Å²) in [6.07, 6.45) is 5.49. The van der Waals surface area contributed by atoms with Gasteiger partial charge in [-0.2, -0.15) is 0 Å². The van der Waals surface area contributed by atoms with E-state index in [1.165, 1.54) is 0 Å². The number of rotatable bonds is 6. The number of hydrogen-bond acceptors (Lipinski definition) is 3. The van der Waals surface area contributed by atoms with E-state index in [4.69, 9.17) is 9.53 Å². The molecule has 29 heavy (non-hydrogen) atoms. The number of nitrogens with one attached hydrogen (secondary N) is 1. The second kappa shape index (κ2) is 9.03. The molecule has 0 saturated carbocycles. The van der Waals surface area contributed by atoms with Crippen LogP contribution in [0.2, 0.25) is 37.8 Å². The summed E-state index contributed by atoms with van der Waals surface area (Å²) in [6.45, 7) is 19.0. The Morgan fingerprint density at radius 1 is 1.24 bits per heavy atom. The van der Waals surface area contributed by atoms with Gasteiger partial charge in [-0.05, 0) is 55.6 Å². The van der Waals surface area contributed by atoms with Gasteiger partial charge in [-0.3, -0.25) is 4.79 Å². The van der Waals surface area contributed by atoms with Gasteiger partial charge < -0.3 is 14.8 Å². The van der Waals surface area contributed by atoms with E-state index >= 15 is 0 Å². The lowest BCUT2D eigenvalue weighted by molar-refractivity contribution is -0.123. The van der Waals surface area contributed by atoms with Crippen LogP contribution in [0.15, 0.2) is 23.8 Å². The maximum Gasteiger partial charge on any atom is 0.404 e. The minimum absolute atomic E-state index is 0.0593. The molecule has 2 atom stereocenters. The first-order valence-corrected chi connectivity index (χ1v) is 16.6. The lowest BCUT2D eigenvalue weighted by Crippen LogP contribution is -2.52. The second-order valence-corrected chi connectivity index (χ2v) is 19.9. The van der Waals surface area contributed by atoms with Crippen LogP contribution in [-0.2, 0) is 9.22 Å². The molecular weight excluding hydrogens is 398 g/mol. The number of carbonyl (C=O) groups is 2. The van der Waals surface area contributed by atoms with Gasteiger partial charge in [0, 0.05) is 6.04 Å². The average Bonchev–Trinajstić information content (AvgIpc) is 2.51. The van der Waals surface area contributed by atoms with Gasteiger partial charge in [-0.15, -0.1) is 5.54 Å². The molecule has 0 heterocycles. The zero-order chi connectivity index (χ0) is 22.7. The molecule has 1 rings (SSSR count). The monoisotopic (exact) mass is 435 g/mol. The fraction of sp³-hybridized carbons (Fsp3) is 0.636. The summed E-state index contributed by atoms with van der Waals surface area (Å²) in [5, 5.41) is 11.3. The minimum Gasteiger partial charge on any atom is -0.465 e. The summed E-state index contributed by atoms with van der Waals surface area (Å²) in [4.78, 5) is 23.9. The molecule has 0 aromatic carbocycles. The largest absolute Gasteiger partial charge is 0.465 e. The molecule has 2 N–H and O–H groups in total. The van der Waals surface area contributed by atoms with Crippen molar-refractivity contribution in [2.24, 2.45) is 0 Å². The molecule has 1 amide bonds. The number of allylic oxidation sites excluding steroid dienone is 2. The van der Waals surface area contributed by atoms with Crippen LogP contribution in [0.3, 0.4) is 0 Å². The minimum atomic E-state index is -2.28. The molecule has 1 aliphatic carbocycles. The molecule has 0 aliphatic heterocycles. The average molecular weight is 436 g/mol. The Hall–Kier alpha value is -1.63. The maximum atomic E-state index is 13.1. The first kappa shape index (κ1) is 25.4. The predicted octanol–water partition coefficient (Wildman–Crippen LogP) is 5.13. The Bertz CT molecular complexity index is 760. The van der Waals surface area contributed by atoms with Crippen LogP contribution in [0.4, 0.5) is 4.79 Å². The molecule has 1 aliphatic rings. The van der Waals surface area contributed by atoms with Crippen LogP contribution in [0.5, 0.6) is 0 Å². The summed E-state index contributed by atoms with van der Waals surface area (Å²) in [5.74, 6) is 3.11. The van der Waals surface area contributed by atoms with E-state index in [2.05, 4.69) is 70.3 Å². The Labute approximate surface area is 178 Å². The van der Waals surface area contributed by atoms with Crippen LogP contribution < -0.4 is 5.32 Å². The van der Waals surface area contributed by atoms with Crippen molar-refractivity contribution in [2.75, 3.05) is 0 Å². The Morgan fingerprint density at radius 2 is 1.83 bits per heavy atom. The van der Waals surface area contributed by atoms with Gasteiger partial charge in [0.25, 0.3) is 0 Å². The predicted molar refractivity (Wildman–Crippen MR) is 124 cm³/mol. The molecular formula is C22H37NO4Si2. The molecule has 5 nitrogen and oxygen atoms in total. The summed E-state index contributed by atoms with van der Waals surface area (Å²) in [5.41, 5.74) is 3.04. The number of carbonyl (C=O) groups excluding carboxylic acids is 1.